The Bertz CT molecular complexity index is 232. The van der Waals surface area contributed by atoms with Gasteiger partial charge in [0.15, 0.2) is 0 Å². The molecule has 16 heavy (non-hydrogen) atoms. The molecule has 5 heteroatoms. The number of rotatable bonds is 7. The summed E-state index contributed by atoms with van der Waals surface area (Å²) in [4.78, 5) is 11.2. The van der Waals surface area contributed by atoms with Crippen molar-refractivity contribution in [2.24, 2.45) is 5.73 Å². The van der Waals surface area contributed by atoms with E-state index in [0.717, 1.165) is 32.2 Å². The fraction of sp³-hybridized carbons (Fsp3) is 0.909. The Hall–Kier alpha value is -0.545. The van der Waals surface area contributed by atoms with Gasteiger partial charge < -0.3 is 16.2 Å². The van der Waals surface area contributed by atoms with Crippen molar-refractivity contribution >= 4 is 13.8 Å². The SMILES string of the molecule is [B]CCCC[C@@](N)(C[C@H]1CCCN1)C(=O)O. The molecule has 90 valence electrons. The van der Waals surface area contributed by atoms with Gasteiger partial charge in [0.05, 0.1) is 7.85 Å². The first-order chi connectivity index (χ1) is 7.58. The Kier molecular flexibility index (Phi) is 5.28. The summed E-state index contributed by atoms with van der Waals surface area (Å²) >= 11 is 0. The lowest BCUT2D eigenvalue weighted by Gasteiger charge is -2.27. The zero-order valence-corrected chi connectivity index (χ0v) is 9.74. The van der Waals surface area contributed by atoms with E-state index in [1.54, 1.807) is 0 Å². The molecular formula is C11H21BN2O2. The summed E-state index contributed by atoms with van der Waals surface area (Å²) in [5.74, 6) is -0.891. The first kappa shape index (κ1) is 13.5. The highest BCUT2D eigenvalue weighted by Gasteiger charge is 2.36. The number of aliphatic carboxylic acids is 1. The van der Waals surface area contributed by atoms with Crippen LogP contribution in [0.1, 0.15) is 38.5 Å². The van der Waals surface area contributed by atoms with Gasteiger partial charge in [-0.2, -0.15) is 0 Å². The first-order valence-corrected chi connectivity index (χ1v) is 6.04. The molecule has 2 radical (unpaired) electrons. The van der Waals surface area contributed by atoms with Crippen molar-refractivity contribution in [1.82, 2.24) is 5.32 Å². The van der Waals surface area contributed by atoms with Crippen LogP contribution in [0.3, 0.4) is 0 Å². The number of carbonyl (C=O) groups is 1. The summed E-state index contributed by atoms with van der Waals surface area (Å²) in [5.41, 5.74) is 4.89. The smallest absolute Gasteiger partial charge is 0.323 e. The second kappa shape index (κ2) is 6.25. The van der Waals surface area contributed by atoms with E-state index in [1.165, 1.54) is 0 Å². The number of unbranched alkanes of at least 4 members (excludes halogenated alkanes) is 1. The summed E-state index contributed by atoms with van der Waals surface area (Å²) in [6, 6.07) is 0.263. The van der Waals surface area contributed by atoms with E-state index in [1.807, 2.05) is 0 Å². The highest BCUT2D eigenvalue weighted by molar-refractivity contribution is 6.08. The molecular weight excluding hydrogens is 203 g/mol. The van der Waals surface area contributed by atoms with Gasteiger partial charge in [-0.05, 0) is 32.2 Å². The fourth-order valence-corrected chi connectivity index (χ4v) is 2.25. The average molecular weight is 224 g/mol. The van der Waals surface area contributed by atoms with Gasteiger partial charge >= 0.3 is 5.97 Å². The Morgan fingerprint density at radius 2 is 2.31 bits per heavy atom. The Balaban J connectivity index is 2.46. The third kappa shape index (κ3) is 3.79. The molecule has 0 aliphatic carbocycles. The Morgan fingerprint density at radius 1 is 1.56 bits per heavy atom. The largest absolute Gasteiger partial charge is 0.480 e. The van der Waals surface area contributed by atoms with Gasteiger partial charge in [-0.1, -0.05) is 19.2 Å². The lowest BCUT2D eigenvalue weighted by molar-refractivity contribution is -0.144. The van der Waals surface area contributed by atoms with Gasteiger partial charge in [-0.15, -0.1) is 0 Å². The molecule has 1 fully saturated rings. The Morgan fingerprint density at radius 3 is 2.81 bits per heavy atom. The van der Waals surface area contributed by atoms with Gasteiger partial charge in [-0.25, -0.2) is 0 Å². The molecule has 4 N–H and O–H groups in total. The van der Waals surface area contributed by atoms with Crippen molar-refractivity contribution < 1.29 is 9.90 Å². The number of hydrogen-bond donors (Lipinski definition) is 3. The number of carboxylic acids is 1. The third-order valence-electron chi connectivity index (χ3n) is 3.28. The molecule has 0 aromatic heterocycles. The Labute approximate surface area is 98.4 Å². The van der Waals surface area contributed by atoms with Gasteiger partial charge in [0, 0.05) is 6.04 Å². The van der Waals surface area contributed by atoms with E-state index in [2.05, 4.69) is 5.32 Å². The molecule has 1 heterocycles. The molecule has 1 rings (SSSR count). The predicted octanol–water partition coefficient (Wildman–Crippen LogP) is 0.668. The maximum absolute atomic E-state index is 11.2. The van der Waals surface area contributed by atoms with Gasteiger partial charge in [-0.3, -0.25) is 4.79 Å². The van der Waals surface area contributed by atoms with Crippen molar-refractivity contribution in [3.05, 3.63) is 0 Å². The van der Waals surface area contributed by atoms with Crippen LogP contribution in [0, 0.1) is 0 Å². The third-order valence-corrected chi connectivity index (χ3v) is 3.28. The van der Waals surface area contributed by atoms with Crippen LogP contribution < -0.4 is 11.1 Å². The highest BCUT2D eigenvalue weighted by Crippen LogP contribution is 2.22. The van der Waals surface area contributed by atoms with Crippen LogP contribution in [0.4, 0.5) is 0 Å². The predicted molar refractivity (Wildman–Crippen MR) is 64.6 cm³/mol. The zero-order chi connectivity index (χ0) is 12.0. The van der Waals surface area contributed by atoms with Crippen molar-refractivity contribution in [3.63, 3.8) is 0 Å². The number of nitrogens with one attached hydrogen (secondary N) is 1. The van der Waals surface area contributed by atoms with E-state index >= 15 is 0 Å². The standard InChI is InChI=1S/C11H21BN2O2/c12-6-2-1-5-11(13,10(15)16)8-9-4-3-7-14-9/h9,14H,1-8,13H2,(H,15,16)/t9-,11-/m1/s1. The first-order valence-electron chi connectivity index (χ1n) is 6.04. The second-order valence-corrected chi connectivity index (χ2v) is 4.70. The molecule has 0 unspecified atom stereocenters. The molecule has 0 aromatic rings. The maximum Gasteiger partial charge on any atom is 0.323 e. The molecule has 0 saturated carbocycles. The van der Waals surface area contributed by atoms with Crippen LogP contribution in [0.15, 0.2) is 0 Å². The summed E-state index contributed by atoms with van der Waals surface area (Å²) in [6.07, 6.45) is 5.39. The van der Waals surface area contributed by atoms with E-state index in [9.17, 15) is 9.90 Å². The molecule has 0 bridgehead atoms. The number of carboxylic acid groups (broad SMARTS) is 1. The van der Waals surface area contributed by atoms with Gasteiger partial charge in [0.1, 0.15) is 5.54 Å². The van der Waals surface area contributed by atoms with E-state index in [-0.39, 0.29) is 6.04 Å². The minimum Gasteiger partial charge on any atom is -0.480 e. The normalized spacial score (nSPS) is 24.2. The second-order valence-electron chi connectivity index (χ2n) is 4.70. The van der Waals surface area contributed by atoms with Crippen molar-refractivity contribution in [2.75, 3.05) is 6.54 Å². The lowest BCUT2D eigenvalue weighted by Crippen LogP contribution is -2.51. The van der Waals surface area contributed by atoms with Crippen LogP contribution in [0.5, 0.6) is 0 Å². The molecule has 1 saturated heterocycles. The molecule has 1 aliphatic rings. The molecule has 1 aliphatic heterocycles. The van der Waals surface area contributed by atoms with Gasteiger partial charge in [0.25, 0.3) is 0 Å². The number of nitrogens with two attached hydrogens (primary N) is 1. The molecule has 4 nitrogen and oxygen atoms in total. The van der Waals surface area contributed by atoms with E-state index in [4.69, 9.17) is 13.6 Å². The molecule has 0 amide bonds. The van der Waals surface area contributed by atoms with Crippen LogP contribution in [-0.4, -0.2) is 37.0 Å². The van der Waals surface area contributed by atoms with E-state index < -0.39 is 11.5 Å². The minimum absolute atomic E-state index is 0.263. The molecule has 0 aromatic carbocycles. The van der Waals surface area contributed by atoms with Crippen molar-refractivity contribution in [2.45, 2.75) is 56.4 Å². The van der Waals surface area contributed by atoms with E-state index in [0.29, 0.717) is 19.2 Å². The molecule has 0 spiro atoms. The summed E-state index contributed by atoms with van der Waals surface area (Å²) in [5, 5.41) is 12.5. The van der Waals surface area contributed by atoms with Gasteiger partial charge in [0.2, 0.25) is 0 Å². The summed E-state index contributed by atoms with van der Waals surface area (Å²) in [6.45, 7) is 0.975. The summed E-state index contributed by atoms with van der Waals surface area (Å²) < 4.78 is 0. The minimum atomic E-state index is -1.09. The van der Waals surface area contributed by atoms with Crippen molar-refractivity contribution in [1.29, 1.82) is 0 Å². The molecule has 2 atom stereocenters. The van der Waals surface area contributed by atoms with Crippen LogP contribution in [-0.2, 0) is 4.79 Å². The quantitative estimate of drug-likeness (QED) is 0.438. The maximum atomic E-state index is 11.2. The monoisotopic (exact) mass is 224 g/mol. The number of hydrogen-bond acceptors (Lipinski definition) is 3. The highest BCUT2D eigenvalue weighted by atomic mass is 16.4. The van der Waals surface area contributed by atoms with Crippen LogP contribution in [0.25, 0.3) is 0 Å². The van der Waals surface area contributed by atoms with Crippen LogP contribution in [0.2, 0.25) is 6.32 Å². The van der Waals surface area contributed by atoms with Crippen molar-refractivity contribution in [3.8, 4) is 0 Å². The summed E-state index contributed by atoms with van der Waals surface area (Å²) in [7, 11) is 5.40. The lowest BCUT2D eigenvalue weighted by atomic mass is 9.85. The zero-order valence-electron chi connectivity index (χ0n) is 9.74. The topological polar surface area (TPSA) is 75.3 Å². The average Bonchev–Trinajstić information content (AvgIpc) is 2.70. The fourth-order valence-electron chi connectivity index (χ4n) is 2.25. The van der Waals surface area contributed by atoms with Crippen LogP contribution >= 0.6 is 0 Å².